The summed E-state index contributed by atoms with van der Waals surface area (Å²) in [4.78, 5) is 25.8. The molecule has 0 aliphatic rings. The molecule has 110 valence electrons. The molecule has 1 aromatic heterocycles. The molecular weight excluding hydrogens is 302 g/mol. The Morgan fingerprint density at radius 1 is 1.14 bits per heavy atom. The van der Waals surface area contributed by atoms with Gasteiger partial charge in [-0.3, -0.25) is 9.59 Å². The smallest absolute Gasteiger partial charge is 0.217 e. The lowest BCUT2D eigenvalue weighted by Crippen LogP contribution is -2.18. The highest BCUT2D eigenvalue weighted by Crippen LogP contribution is 2.22. The van der Waals surface area contributed by atoms with Gasteiger partial charge in [0.2, 0.25) is 5.91 Å². The summed E-state index contributed by atoms with van der Waals surface area (Å²) in [6.07, 6.45) is 0. The molecule has 0 radical (unpaired) electrons. The molecule has 21 heavy (non-hydrogen) atoms. The topological polar surface area (TPSA) is 46.2 Å². The Hall–Kier alpha value is -1.59. The van der Waals surface area contributed by atoms with E-state index in [4.69, 9.17) is 0 Å². The Labute approximate surface area is 132 Å². The quantitative estimate of drug-likeness (QED) is 0.653. The average molecular weight is 319 g/mol. The molecule has 0 spiro atoms. The minimum Gasteiger partial charge on any atom is -0.351 e. The zero-order chi connectivity index (χ0) is 15.2. The first kappa shape index (κ1) is 15.8. The van der Waals surface area contributed by atoms with Crippen molar-refractivity contribution in [2.24, 2.45) is 0 Å². The lowest BCUT2D eigenvalue weighted by molar-refractivity contribution is -0.119. The molecule has 0 atom stereocenters. The van der Waals surface area contributed by atoms with Crippen LogP contribution in [0.4, 0.5) is 0 Å². The summed E-state index contributed by atoms with van der Waals surface area (Å²) in [6, 6.07) is 11.9. The predicted octanol–water partition coefficient (Wildman–Crippen LogP) is 3.67. The van der Waals surface area contributed by atoms with Crippen LogP contribution in [0.2, 0.25) is 0 Å². The van der Waals surface area contributed by atoms with Gasteiger partial charge in [-0.15, -0.1) is 23.1 Å². The van der Waals surface area contributed by atoms with E-state index in [1.807, 2.05) is 43.3 Å². The number of carbonyl (C=O) groups is 2. The Balaban J connectivity index is 1.88. The average Bonchev–Trinajstić information content (AvgIpc) is 2.93. The van der Waals surface area contributed by atoms with Crippen molar-refractivity contribution in [3.05, 3.63) is 51.7 Å². The first-order valence-electron chi connectivity index (χ1n) is 6.60. The Morgan fingerprint density at radius 3 is 2.52 bits per heavy atom. The van der Waals surface area contributed by atoms with Gasteiger partial charge in [-0.2, -0.15) is 0 Å². The highest BCUT2D eigenvalue weighted by Gasteiger charge is 2.10. The fourth-order valence-corrected chi connectivity index (χ4v) is 3.45. The number of thioether (sulfide) groups is 1. The van der Waals surface area contributed by atoms with E-state index in [-0.39, 0.29) is 11.7 Å². The summed E-state index contributed by atoms with van der Waals surface area (Å²) >= 11 is 2.99. The SMILES string of the molecule is CC(=O)NCc1ccc(C(=O)CSc2ccc(C)cc2)s1. The first-order valence-corrected chi connectivity index (χ1v) is 8.40. The van der Waals surface area contributed by atoms with Crippen LogP contribution in [-0.2, 0) is 11.3 Å². The molecule has 1 heterocycles. The van der Waals surface area contributed by atoms with E-state index in [1.165, 1.54) is 23.8 Å². The zero-order valence-corrected chi connectivity index (χ0v) is 13.6. The second kappa shape index (κ2) is 7.43. The number of carbonyl (C=O) groups excluding carboxylic acids is 2. The third kappa shape index (κ3) is 5.02. The van der Waals surface area contributed by atoms with Crippen LogP contribution in [0.1, 0.15) is 27.0 Å². The summed E-state index contributed by atoms with van der Waals surface area (Å²) in [5.74, 6) is 0.495. The number of Topliss-reactive ketones (excluding diaryl/α,β-unsaturated/α-hetero) is 1. The molecule has 3 nitrogen and oxygen atoms in total. The molecule has 1 amide bonds. The van der Waals surface area contributed by atoms with Crippen LogP contribution in [0.25, 0.3) is 0 Å². The molecule has 0 saturated heterocycles. The fraction of sp³-hybridized carbons (Fsp3) is 0.250. The van der Waals surface area contributed by atoms with Crippen molar-refractivity contribution in [3.63, 3.8) is 0 Å². The maximum Gasteiger partial charge on any atom is 0.217 e. The van der Waals surface area contributed by atoms with E-state index < -0.39 is 0 Å². The number of benzene rings is 1. The summed E-state index contributed by atoms with van der Waals surface area (Å²) in [7, 11) is 0. The Kier molecular flexibility index (Phi) is 5.59. The normalized spacial score (nSPS) is 10.4. The van der Waals surface area contributed by atoms with Crippen molar-refractivity contribution in [2.45, 2.75) is 25.3 Å². The third-order valence-electron chi connectivity index (χ3n) is 2.84. The lowest BCUT2D eigenvalue weighted by Gasteiger charge is -2.01. The number of ketones is 1. The monoisotopic (exact) mass is 319 g/mol. The minimum absolute atomic E-state index is 0.0637. The molecular formula is C16H17NO2S2. The van der Waals surface area contributed by atoms with Gasteiger partial charge in [0.1, 0.15) is 0 Å². The van der Waals surface area contributed by atoms with Gasteiger partial charge in [-0.25, -0.2) is 0 Å². The van der Waals surface area contributed by atoms with E-state index in [2.05, 4.69) is 5.32 Å². The zero-order valence-electron chi connectivity index (χ0n) is 12.0. The second-order valence-corrected chi connectivity index (χ2v) is 6.92. The number of nitrogens with one attached hydrogen (secondary N) is 1. The molecule has 0 fully saturated rings. The van der Waals surface area contributed by atoms with Crippen LogP contribution in [0.5, 0.6) is 0 Å². The summed E-state index contributed by atoms with van der Waals surface area (Å²) in [6.45, 7) is 4.01. The van der Waals surface area contributed by atoms with Crippen LogP contribution >= 0.6 is 23.1 Å². The molecule has 1 aromatic carbocycles. The third-order valence-corrected chi connectivity index (χ3v) is 4.98. The van der Waals surface area contributed by atoms with Gasteiger partial charge < -0.3 is 5.32 Å². The molecule has 5 heteroatoms. The number of rotatable bonds is 6. The van der Waals surface area contributed by atoms with Crippen LogP contribution in [0.15, 0.2) is 41.3 Å². The number of hydrogen-bond donors (Lipinski definition) is 1. The van der Waals surface area contributed by atoms with E-state index in [0.29, 0.717) is 12.3 Å². The highest BCUT2D eigenvalue weighted by molar-refractivity contribution is 8.00. The van der Waals surface area contributed by atoms with Crippen molar-refractivity contribution < 1.29 is 9.59 Å². The van der Waals surface area contributed by atoms with E-state index >= 15 is 0 Å². The van der Waals surface area contributed by atoms with Gasteiger partial charge >= 0.3 is 0 Å². The van der Waals surface area contributed by atoms with Crippen molar-refractivity contribution in [3.8, 4) is 0 Å². The van der Waals surface area contributed by atoms with Crippen LogP contribution < -0.4 is 5.32 Å². The van der Waals surface area contributed by atoms with Gasteiger partial charge in [-0.1, -0.05) is 17.7 Å². The van der Waals surface area contributed by atoms with Gasteiger partial charge in [0.25, 0.3) is 0 Å². The van der Waals surface area contributed by atoms with Crippen LogP contribution in [0, 0.1) is 6.92 Å². The van der Waals surface area contributed by atoms with Crippen LogP contribution in [-0.4, -0.2) is 17.4 Å². The van der Waals surface area contributed by atoms with Gasteiger partial charge in [0.15, 0.2) is 5.78 Å². The molecule has 0 aliphatic carbocycles. The van der Waals surface area contributed by atoms with Crippen molar-refractivity contribution in [1.82, 2.24) is 5.32 Å². The van der Waals surface area contributed by atoms with Crippen molar-refractivity contribution >= 4 is 34.8 Å². The summed E-state index contributed by atoms with van der Waals surface area (Å²) in [5, 5.41) is 2.73. The molecule has 0 aliphatic heterocycles. The van der Waals surface area contributed by atoms with E-state index in [0.717, 1.165) is 14.6 Å². The fourth-order valence-electron chi connectivity index (χ4n) is 1.69. The molecule has 2 rings (SSSR count). The van der Waals surface area contributed by atoms with Gasteiger partial charge in [0.05, 0.1) is 17.2 Å². The maximum atomic E-state index is 12.1. The Bertz CT molecular complexity index is 632. The van der Waals surface area contributed by atoms with E-state index in [9.17, 15) is 9.59 Å². The second-order valence-electron chi connectivity index (χ2n) is 4.70. The molecule has 0 saturated carbocycles. The number of hydrogen-bond acceptors (Lipinski definition) is 4. The van der Waals surface area contributed by atoms with Crippen molar-refractivity contribution in [1.29, 1.82) is 0 Å². The highest BCUT2D eigenvalue weighted by atomic mass is 32.2. The molecule has 0 unspecified atom stereocenters. The molecule has 0 bridgehead atoms. The standard InChI is InChI=1S/C16H17NO2S2/c1-11-3-5-13(6-4-11)20-10-15(19)16-8-7-14(21-16)9-17-12(2)18/h3-8H,9-10H2,1-2H3,(H,17,18). The predicted molar refractivity (Wildman–Crippen MR) is 88.1 cm³/mol. The van der Waals surface area contributed by atoms with Gasteiger partial charge in [0, 0.05) is 16.7 Å². The number of aryl methyl sites for hydroxylation is 1. The lowest BCUT2D eigenvalue weighted by atomic mass is 10.2. The summed E-state index contributed by atoms with van der Waals surface area (Å²) in [5.41, 5.74) is 1.21. The minimum atomic E-state index is -0.0637. The Morgan fingerprint density at radius 2 is 1.86 bits per heavy atom. The van der Waals surface area contributed by atoms with Crippen LogP contribution in [0.3, 0.4) is 0 Å². The molecule has 1 N–H and O–H groups in total. The van der Waals surface area contributed by atoms with E-state index in [1.54, 1.807) is 11.8 Å². The number of thiophene rings is 1. The largest absolute Gasteiger partial charge is 0.351 e. The van der Waals surface area contributed by atoms with Gasteiger partial charge in [-0.05, 0) is 31.2 Å². The maximum absolute atomic E-state index is 12.1. The summed E-state index contributed by atoms with van der Waals surface area (Å²) < 4.78 is 0. The first-order chi connectivity index (χ1) is 10.0. The number of amides is 1. The molecule has 2 aromatic rings. The van der Waals surface area contributed by atoms with Crippen molar-refractivity contribution in [2.75, 3.05) is 5.75 Å².